The molecule has 5 rings (SSSR count). The number of aromatic nitrogens is 4. The van der Waals surface area contributed by atoms with Gasteiger partial charge in [-0.25, -0.2) is 14.4 Å². The summed E-state index contributed by atoms with van der Waals surface area (Å²) < 4.78 is 15.9. The summed E-state index contributed by atoms with van der Waals surface area (Å²) in [6.07, 6.45) is 3.55. The second kappa shape index (κ2) is 8.02. The number of H-pyrrole nitrogens is 1. The van der Waals surface area contributed by atoms with E-state index in [4.69, 9.17) is 11.6 Å². The predicted octanol–water partition coefficient (Wildman–Crippen LogP) is 4.33. The van der Waals surface area contributed by atoms with E-state index in [2.05, 4.69) is 25.1 Å². The summed E-state index contributed by atoms with van der Waals surface area (Å²) >= 11 is 6.68. The Hall–Kier alpha value is -3.26. The molecule has 0 unspecified atom stereocenters. The summed E-state index contributed by atoms with van der Waals surface area (Å²) in [5.74, 6) is 0.289. The van der Waals surface area contributed by atoms with Crippen molar-refractivity contribution in [2.75, 3.05) is 31.1 Å². The number of hydrogen-bond donors (Lipinski definition) is 1. The van der Waals surface area contributed by atoms with E-state index in [-0.39, 0.29) is 11.4 Å². The number of rotatable bonds is 3. The Bertz CT molecular complexity index is 1350. The van der Waals surface area contributed by atoms with Crippen LogP contribution in [0.2, 0.25) is 5.02 Å². The van der Waals surface area contributed by atoms with Crippen molar-refractivity contribution in [2.45, 2.75) is 20.3 Å². The van der Waals surface area contributed by atoms with Gasteiger partial charge in [-0.15, -0.1) is 0 Å². The van der Waals surface area contributed by atoms with Crippen LogP contribution in [0, 0.1) is 12.7 Å². The van der Waals surface area contributed by atoms with E-state index in [0.29, 0.717) is 60.0 Å². The van der Waals surface area contributed by atoms with Gasteiger partial charge < -0.3 is 9.80 Å². The minimum atomic E-state index is -0.479. The van der Waals surface area contributed by atoms with Gasteiger partial charge in [0.05, 0.1) is 16.7 Å². The third kappa shape index (κ3) is 3.26. The summed E-state index contributed by atoms with van der Waals surface area (Å²) in [6, 6.07) is 5.57. The zero-order valence-electron chi connectivity index (χ0n) is 17.8. The third-order valence-corrected chi connectivity index (χ3v) is 6.42. The van der Waals surface area contributed by atoms with Gasteiger partial charge in [-0.2, -0.15) is 5.10 Å². The van der Waals surface area contributed by atoms with E-state index in [1.54, 1.807) is 12.3 Å². The topological polar surface area (TPSA) is 78.0 Å². The molecule has 0 spiro atoms. The molecule has 4 aromatic rings. The fourth-order valence-corrected chi connectivity index (χ4v) is 4.73. The van der Waals surface area contributed by atoms with Gasteiger partial charge in [-0.1, -0.05) is 24.6 Å². The summed E-state index contributed by atoms with van der Waals surface area (Å²) in [5.41, 5.74) is 2.94. The number of carbonyl (C=O) groups excluding carboxylic acids is 1. The van der Waals surface area contributed by atoms with Crippen LogP contribution < -0.4 is 4.90 Å². The largest absolute Gasteiger partial charge is 0.352 e. The number of fused-ring (bicyclic) bond motifs is 2. The maximum Gasteiger partial charge on any atom is 0.222 e. The maximum absolute atomic E-state index is 15.9. The average molecular weight is 453 g/mol. The van der Waals surface area contributed by atoms with Crippen LogP contribution in [0.15, 0.2) is 30.7 Å². The molecule has 1 aliphatic rings. The molecule has 2 aromatic carbocycles. The molecule has 0 bridgehead atoms. The van der Waals surface area contributed by atoms with Crippen molar-refractivity contribution in [3.63, 3.8) is 0 Å². The lowest BCUT2D eigenvalue weighted by Crippen LogP contribution is -2.48. The van der Waals surface area contributed by atoms with Crippen LogP contribution in [-0.2, 0) is 4.79 Å². The second-order valence-corrected chi connectivity index (χ2v) is 8.36. The lowest BCUT2D eigenvalue weighted by Gasteiger charge is -2.35. The molecular formula is C23H22ClFN6O. The average Bonchev–Trinajstić information content (AvgIpc) is 3.28. The van der Waals surface area contributed by atoms with E-state index in [0.717, 1.165) is 16.5 Å². The van der Waals surface area contributed by atoms with Crippen LogP contribution in [-0.4, -0.2) is 57.2 Å². The van der Waals surface area contributed by atoms with E-state index < -0.39 is 5.82 Å². The Kier molecular flexibility index (Phi) is 5.17. The number of aromatic amines is 1. The highest BCUT2D eigenvalue weighted by atomic mass is 35.5. The molecule has 1 amide bonds. The van der Waals surface area contributed by atoms with Gasteiger partial charge in [0.25, 0.3) is 0 Å². The Morgan fingerprint density at radius 2 is 1.94 bits per heavy atom. The third-order valence-electron chi connectivity index (χ3n) is 6.12. The fraction of sp³-hybridized carbons (Fsp3) is 0.304. The van der Waals surface area contributed by atoms with Crippen molar-refractivity contribution < 1.29 is 9.18 Å². The molecule has 3 heterocycles. The van der Waals surface area contributed by atoms with Gasteiger partial charge in [0.2, 0.25) is 5.91 Å². The Balaban J connectivity index is 1.61. The van der Waals surface area contributed by atoms with Gasteiger partial charge in [0, 0.05) is 54.5 Å². The number of piperazine rings is 1. The summed E-state index contributed by atoms with van der Waals surface area (Å²) in [7, 11) is 0. The summed E-state index contributed by atoms with van der Waals surface area (Å²) in [4.78, 5) is 24.6. The Labute approximate surface area is 189 Å². The van der Waals surface area contributed by atoms with Crippen LogP contribution >= 0.6 is 11.6 Å². The highest BCUT2D eigenvalue weighted by Crippen LogP contribution is 2.41. The highest BCUT2D eigenvalue weighted by molar-refractivity contribution is 6.35. The number of carbonyl (C=O) groups is 1. The van der Waals surface area contributed by atoms with Crippen molar-refractivity contribution in [2.24, 2.45) is 0 Å². The predicted molar refractivity (Wildman–Crippen MR) is 123 cm³/mol. The van der Waals surface area contributed by atoms with Gasteiger partial charge >= 0.3 is 0 Å². The lowest BCUT2D eigenvalue weighted by molar-refractivity contribution is -0.131. The maximum atomic E-state index is 15.9. The normalized spacial score (nSPS) is 14.5. The van der Waals surface area contributed by atoms with Gasteiger partial charge in [0.15, 0.2) is 5.82 Å². The van der Waals surface area contributed by atoms with E-state index >= 15 is 4.39 Å². The van der Waals surface area contributed by atoms with Crippen molar-refractivity contribution >= 4 is 45.1 Å². The van der Waals surface area contributed by atoms with Crippen molar-refractivity contribution in [3.8, 4) is 11.1 Å². The monoisotopic (exact) mass is 452 g/mol. The van der Waals surface area contributed by atoms with Crippen molar-refractivity contribution in [1.82, 2.24) is 25.1 Å². The molecule has 2 aromatic heterocycles. The number of nitrogens with zero attached hydrogens (tertiary/aromatic N) is 5. The van der Waals surface area contributed by atoms with E-state index in [9.17, 15) is 4.79 Å². The minimum absolute atomic E-state index is 0.139. The number of aryl methyl sites for hydroxylation is 1. The van der Waals surface area contributed by atoms with Crippen molar-refractivity contribution in [1.29, 1.82) is 0 Å². The first kappa shape index (κ1) is 20.6. The minimum Gasteiger partial charge on any atom is -0.352 e. The summed E-state index contributed by atoms with van der Waals surface area (Å²) in [5, 5.41) is 8.68. The number of amides is 1. The van der Waals surface area contributed by atoms with Gasteiger partial charge in [0.1, 0.15) is 17.7 Å². The molecule has 164 valence electrons. The molecular weight excluding hydrogens is 431 g/mol. The standard InChI is InChI=1S/C23H22ClFN6O/c1-3-18(32)30-6-8-31(9-7-30)23-14-10-16(24)20(21(25)22(14)26-12-27-23)19-13(2)4-5-17-15(19)11-28-29-17/h4-5,10-12H,3,6-9H2,1-2H3,(H,28,29). The first-order valence-electron chi connectivity index (χ1n) is 10.6. The molecule has 1 aliphatic heterocycles. The first-order valence-corrected chi connectivity index (χ1v) is 11.0. The molecule has 32 heavy (non-hydrogen) atoms. The van der Waals surface area contributed by atoms with Crippen LogP contribution in [0.4, 0.5) is 10.2 Å². The molecule has 0 saturated carbocycles. The quantitative estimate of drug-likeness (QED) is 0.500. The smallest absolute Gasteiger partial charge is 0.222 e. The molecule has 1 N–H and O–H groups in total. The Morgan fingerprint density at radius 1 is 1.16 bits per heavy atom. The zero-order chi connectivity index (χ0) is 22.4. The number of hydrogen-bond acceptors (Lipinski definition) is 5. The second-order valence-electron chi connectivity index (χ2n) is 7.95. The molecule has 9 heteroatoms. The van der Waals surface area contributed by atoms with Crippen molar-refractivity contribution in [3.05, 3.63) is 47.1 Å². The molecule has 7 nitrogen and oxygen atoms in total. The number of halogens is 2. The fourth-order valence-electron chi connectivity index (χ4n) is 4.45. The summed E-state index contributed by atoms with van der Waals surface area (Å²) in [6.45, 7) is 6.23. The molecule has 1 saturated heterocycles. The van der Waals surface area contributed by atoms with Crippen LogP contribution in [0.25, 0.3) is 32.9 Å². The van der Waals surface area contributed by atoms with Crippen LogP contribution in [0.1, 0.15) is 18.9 Å². The van der Waals surface area contributed by atoms with E-state index in [1.165, 1.54) is 6.33 Å². The zero-order valence-corrected chi connectivity index (χ0v) is 18.6. The highest BCUT2D eigenvalue weighted by Gasteiger charge is 2.25. The first-order chi connectivity index (χ1) is 15.5. The molecule has 1 fully saturated rings. The lowest BCUT2D eigenvalue weighted by atomic mass is 9.95. The SMILES string of the molecule is CCC(=O)N1CCN(c2ncnc3c(F)c(-c4c(C)ccc5[nH]ncc45)c(Cl)cc23)CC1. The molecule has 0 aliphatic carbocycles. The number of nitrogens with one attached hydrogen (secondary N) is 1. The molecule has 0 radical (unpaired) electrons. The van der Waals surface area contributed by atoms with Crippen LogP contribution in [0.3, 0.4) is 0 Å². The Morgan fingerprint density at radius 3 is 2.69 bits per heavy atom. The number of anilines is 1. The van der Waals surface area contributed by atoms with Crippen LogP contribution in [0.5, 0.6) is 0 Å². The van der Waals surface area contributed by atoms with Gasteiger partial charge in [-0.05, 0) is 24.6 Å². The molecule has 0 atom stereocenters. The number of benzene rings is 2. The van der Waals surface area contributed by atoms with Gasteiger partial charge in [-0.3, -0.25) is 9.89 Å². The van der Waals surface area contributed by atoms with E-state index in [1.807, 2.05) is 30.9 Å².